The quantitative estimate of drug-likeness (QED) is 0.559. The highest BCUT2D eigenvalue weighted by molar-refractivity contribution is 6.04. The molecule has 1 aromatic rings. The summed E-state index contributed by atoms with van der Waals surface area (Å²) in [6.07, 6.45) is 4.57. The first kappa shape index (κ1) is 10.4. The van der Waals surface area contributed by atoms with Crippen LogP contribution >= 0.6 is 0 Å². The zero-order valence-electron chi connectivity index (χ0n) is 8.55. The molecule has 0 fully saturated rings. The minimum atomic E-state index is -0.500. The van der Waals surface area contributed by atoms with E-state index in [0.29, 0.717) is 5.76 Å². The van der Waals surface area contributed by atoms with Crippen LogP contribution < -0.4 is 0 Å². The third-order valence-electron chi connectivity index (χ3n) is 2.09. The van der Waals surface area contributed by atoms with Gasteiger partial charge in [0.15, 0.2) is 5.78 Å². The first-order chi connectivity index (χ1) is 7.74. The number of rotatable bonds is 2. The summed E-state index contributed by atoms with van der Waals surface area (Å²) in [7, 11) is 0. The summed E-state index contributed by atoms with van der Waals surface area (Å²) in [6, 6.07) is 9.58. The van der Waals surface area contributed by atoms with Crippen molar-refractivity contribution in [3.63, 3.8) is 0 Å². The van der Waals surface area contributed by atoms with E-state index >= 15 is 0 Å². The monoisotopic (exact) mass is 214 g/mol. The Morgan fingerprint density at radius 2 is 1.81 bits per heavy atom. The number of hydrogen-bond donors (Lipinski definition) is 0. The molecule has 0 N–H and O–H groups in total. The normalized spacial score (nSPS) is 16.1. The fourth-order valence-electron chi connectivity index (χ4n) is 1.37. The topological polar surface area (TPSA) is 43.4 Å². The Labute approximate surface area is 93.0 Å². The molecule has 3 nitrogen and oxygen atoms in total. The van der Waals surface area contributed by atoms with Crippen LogP contribution in [0, 0.1) is 0 Å². The predicted octanol–water partition coefficient (Wildman–Crippen LogP) is 2.10. The SMILES string of the molecule is O=C1C=C(/C=C/c2ccccc2)OC(=O)C1. The molecule has 1 heterocycles. The second-order valence-corrected chi connectivity index (χ2v) is 3.41. The Morgan fingerprint density at radius 1 is 1.06 bits per heavy atom. The van der Waals surface area contributed by atoms with Crippen molar-refractivity contribution in [3.05, 3.63) is 53.8 Å². The lowest BCUT2D eigenvalue weighted by Crippen LogP contribution is -2.15. The molecule has 80 valence electrons. The fourth-order valence-corrected chi connectivity index (χ4v) is 1.37. The van der Waals surface area contributed by atoms with E-state index < -0.39 is 5.97 Å². The maximum absolute atomic E-state index is 11.1. The van der Waals surface area contributed by atoms with Gasteiger partial charge in [-0.15, -0.1) is 0 Å². The standard InChI is InChI=1S/C13H10O3/c14-11-8-12(16-13(15)9-11)7-6-10-4-2-1-3-5-10/h1-8H,9H2/b7-6+. The van der Waals surface area contributed by atoms with Gasteiger partial charge in [-0.05, 0) is 11.6 Å². The average molecular weight is 214 g/mol. The molecular formula is C13H10O3. The molecule has 0 saturated heterocycles. The molecule has 1 aromatic carbocycles. The third-order valence-corrected chi connectivity index (χ3v) is 2.09. The summed E-state index contributed by atoms with van der Waals surface area (Å²) in [5.41, 5.74) is 0.984. The Bertz CT molecular complexity index is 469. The molecule has 0 spiro atoms. The van der Waals surface area contributed by atoms with Crippen LogP contribution in [0.4, 0.5) is 0 Å². The maximum Gasteiger partial charge on any atom is 0.319 e. The molecular weight excluding hydrogens is 204 g/mol. The van der Waals surface area contributed by atoms with E-state index in [1.54, 1.807) is 12.2 Å². The molecule has 3 heteroatoms. The summed E-state index contributed by atoms with van der Waals surface area (Å²) in [5, 5.41) is 0. The molecule has 0 bridgehead atoms. The van der Waals surface area contributed by atoms with Crippen LogP contribution in [-0.4, -0.2) is 11.8 Å². The van der Waals surface area contributed by atoms with Gasteiger partial charge in [0.05, 0.1) is 0 Å². The van der Waals surface area contributed by atoms with E-state index in [-0.39, 0.29) is 12.2 Å². The summed E-state index contributed by atoms with van der Waals surface area (Å²) in [5.74, 6) is -0.422. The molecule has 1 aliphatic heterocycles. The number of esters is 1. The van der Waals surface area contributed by atoms with Gasteiger partial charge in [-0.2, -0.15) is 0 Å². The van der Waals surface area contributed by atoms with E-state index in [9.17, 15) is 9.59 Å². The van der Waals surface area contributed by atoms with Gasteiger partial charge < -0.3 is 4.74 Å². The Hall–Kier alpha value is -2.16. The molecule has 2 rings (SSSR count). The van der Waals surface area contributed by atoms with Crippen molar-refractivity contribution >= 4 is 17.8 Å². The van der Waals surface area contributed by atoms with Crippen LogP contribution in [0.15, 0.2) is 48.2 Å². The van der Waals surface area contributed by atoms with E-state index in [4.69, 9.17) is 4.74 Å². The van der Waals surface area contributed by atoms with Crippen LogP contribution in [0.25, 0.3) is 6.08 Å². The molecule has 1 aliphatic rings. The highest BCUT2D eigenvalue weighted by atomic mass is 16.5. The van der Waals surface area contributed by atoms with Crippen molar-refractivity contribution in [2.45, 2.75) is 6.42 Å². The zero-order valence-corrected chi connectivity index (χ0v) is 8.55. The van der Waals surface area contributed by atoms with Crippen molar-refractivity contribution < 1.29 is 14.3 Å². The number of ether oxygens (including phenoxy) is 1. The van der Waals surface area contributed by atoms with Crippen molar-refractivity contribution in [1.29, 1.82) is 0 Å². The van der Waals surface area contributed by atoms with Gasteiger partial charge in [-0.3, -0.25) is 9.59 Å². The van der Waals surface area contributed by atoms with Crippen LogP contribution in [0.5, 0.6) is 0 Å². The maximum atomic E-state index is 11.1. The molecule has 16 heavy (non-hydrogen) atoms. The number of carbonyl (C=O) groups is 2. The molecule has 0 unspecified atom stereocenters. The lowest BCUT2D eigenvalue weighted by atomic mass is 10.1. The summed E-state index contributed by atoms with van der Waals surface area (Å²) < 4.78 is 4.89. The van der Waals surface area contributed by atoms with Crippen LogP contribution in [0.3, 0.4) is 0 Å². The van der Waals surface area contributed by atoms with E-state index in [2.05, 4.69) is 0 Å². The van der Waals surface area contributed by atoms with Crippen molar-refractivity contribution in [2.75, 3.05) is 0 Å². The Kier molecular flexibility index (Phi) is 2.96. The fraction of sp³-hybridized carbons (Fsp3) is 0.0769. The van der Waals surface area contributed by atoms with Gasteiger partial charge in [-0.1, -0.05) is 36.4 Å². The molecule has 0 radical (unpaired) electrons. The van der Waals surface area contributed by atoms with E-state index in [1.165, 1.54) is 6.08 Å². The number of hydrogen-bond acceptors (Lipinski definition) is 3. The summed E-state index contributed by atoms with van der Waals surface area (Å²) in [4.78, 5) is 22.1. The van der Waals surface area contributed by atoms with Gasteiger partial charge in [0.2, 0.25) is 0 Å². The molecule has 0 amide bonds. The van der Waals surface area contributed by atoms with Crippen molar-refractivity contribution in [3.8, 4) is 0 Å². The van der Waals surface area contributed by atoms with Crippen LogP contribution in [0.2, 0.25) is 0 Å². The minimum Gasteiger partial charge on any atom is -0.426 e. The summed E-state index contributed by atoms with van der Waals surface area (Å²) >= 11 is 0. The Balaban J connectivity index is 2.13. The van der Waals surface area contributed by atoms with E-state index in [0.717, 1.165) is 5.56 Å². The number of cyclic esters (lactones) is 1. The molecule has 0 aliphatic carbocycles. The van der Waals surface area contributed by atoms with E-state index in [1.807, 2.05) is 30.3 Å². The molecule has 0 aromatic heterocycles. The predicted molar refractivity (Wildman–Crippen MR) is 59.3 cm³/mol. The van der Waals surface area contributed by atoms with Crippen LogP contribution in [0.1, 0.15) is 12.0 Å². The summed E-state index contributed by atoms with van der Waals surface area (Å²) in [6.45, 7) is 0. The first-order valence-corrected chi connectivity index (χ1v) is 4.92. The second kappa shape index (κ2) is 4.57. The highest BCUT2D eigenvalue weighted by Gasteiger charge is 2.16. The Morgan fingerprint density at radius 3 is 2.50 bits per heavy atom. The van der Waals surface area contributed by atoms with Gasteiger partial charge in [-0.25, -0.2) is 0 Å². The largest absolute Gasteiger partial charge is 0.426 e. The minimum absolute atomic E-state index is 0.164. The van der Waals surface area contributed by atoms with Crippen molar-refractivity contribution in [2.24, 2.45) is 0 Å². The van der Waals surface area contributed by atoms with Gasteiger partial charge >= 0.3 is 5.97 Å². The number of allylic oxidation sites excluding steroid dienone is 2. The smallest absolute Gasteiger partial charge is 0.319 e. The number of carbonyl (C=O) groups excluding carboxylic acids is 2. The molecule has 0 saturated carbocycles. The number of benzene rings is 1. The van der Waals surface area contributed by atoms with Gasteiger partial charge in [0.1, 0.15) is 12.2 Å². The second-order valence-electron chi connectivity index (χ2n) is 3.41. The zero-order chi connectivity index (χ0) is 11.4. The van der Waals surface area contributed by atoms with Gasteiger partial charge in [0.25, 0.3) is 0 Å². The average Bonchev–Trinajstić information content (AvgIpc) is 2.27. The number of ketones is 1. The van der Waals surface area contributed by atoms with Crippen LogP contribution in [-0.2, 0) is 14.3 Å². The first-order valence-electron chi connectivity index (χ1n) is 4.92. The lowest BCUT2D eigenvalue weighted by Gasteiger charge is -2.08. The highest BCUT2D eigenvalue weighted by Crippen LogP contribution is 2.12. The molecule has 0 atom stereocenters. The lowest BCUT2D eigenvalue weighted by molar-refractivity contribution is -0.142. The van der Waals surface area contributed by atoms with Crippen molar-refractivity contribution in [1.82, 2.24) is 0 Å². The third kappa shape index (κ3) is 2.67. The van der Waals surface area contributed by atoms with Gasteiger partial charge in [0, 0.05) is 6.08 Å².